The predicted molar refractivity (Wildman–Crippen MR) is 110 cm³/mol. The molecule has 0 aromatic heterocycles. The Kier molecular flexibility index (Phi) is 8.23. The van der Waals surface area contributed by atoms with Gasteiger partial charge in [0, 0.05) is 17.4 Å². The number of hydrogen-bond acceptors (Lipinski definition) is 2. The lowest BCUT2D eigenvalue weighted by Gasteiger charge is -2.31. The van der Waals surface area contributed by atoms with Crippen LogP contribution in [0.15, 0.2) is 11.3 Å². The molecule has 0 aromatic carbocycles. The highest BCUT2D eigenvalue weighted by molar-refractivity contribution is 5.97. The van der Waals surface area contributed by atoms with Crippen molar-refractivity contribution in [2.45, 2.75) is 98.8 Å². The molecule has 2 saturated carbocycles. The number of aliphatic hydroxyl groups is 1. The first kappa shape index (κ1) is 21.5. The van der Waals surface area contributed by atoms with Crippen molar-refractivity contribution in [3.63, 3.8) is 0 Å². The largest absolute Gasteiger partial charge is 0.512 e. The van der Waals surface area contributed by atoms with Crippen LogP contribution in [-0.2, 0) is 4.79 Å². The average Bonchev–Trinajstić information content (AvgIpc) is 2.60. The molecule has 0 saturated heterocycles. The Morgan fingerprint density at radius 1 is 0.769 bits per heavy atom. The van der Waals surface area contributed by atoms with Crippen LogP contribution in [0.3, 0.4) is 0 Å². The Morgan fingerprint density at radius 2 is 1.15 bits per heavy atom. The van der Waals surface area contributed by atoms with Gasteiger partial charge < -0.3 is 5.11 Å². The fourth-order valence-electron chi connectivity index (χ4n) is 5.40. The van der Waals surface area contributed by atoms with Gasteiger partial charge in [-0.3, -0.25) is 4.79 Å². The summed E-state index contributed by atoms with van der Waals surface area (Å²) in [5.41, 5.74) is 0.671. The molecule has 2 heteroatoms. The van der Waals surface area contributed by atoms with Crippen molar-refractivity contribution in [1.29, 1.82) is 0 Å². The van der Waals surface area contributed by atoms with E-state index in [2.05, 4.69) is 27.7 Å². The Balaban J connectivity index is 1.86. The van der Waals surface area contributed by atoms with Crippen molar-refractivity contribution in [2.75, 3.05) is 0 Å². The average molecular weight is 363 g/mol. The van der Waals surface area contributed by atoms with Gasteiger partial charge in [-0.05, 0) is 94.8 Å². The molecule has 0 heterocycles. The molecule has 26 heavy (non-hydrogen) atoms. The first-order chi connectivity index (χ1) is 12.3. The van der Waals surface area contributed by atoms with Gasteiger partial charge in [0.2, 0.25) is 0 Å². The topological polar surface area (TPSA) is 37.3 Å². The second-order valence-corrected chi connectivity index (χ2v) is 10.1. The molecule has 2 aliphatic carbocycles. The minimum absolute atomic E-state index is 0.151. The van der Waals surface area contributed by atoms with E-state index >= 15 is 0 Å². The summed E-state index contributed by atoms with van der Waals surface area (Å²) >= 11 is 0. The highest BCUT2D eigenvalue weighted by Gasteiger charge is 2.31. The number of rotatable bonds is 7. The maximum atomic E-state index is 12.9. The number of carbonyl (C=O) groups excluding carboxylic acids is 1. The van der Waals surface area contributed by atoms with Crippen LogP contribution >= 0.6 is 0 Å². The van der Waals surface area contributed by atoms with Crippen LogP contribution in [0.4, 0.5) is 0 Å². The summed E-state index contributed by atoms with van der Waals surface area (Å²) in [6.45, 7) is 11.0. The zero-order valence-corrected chi connectivity index (χ0v) is 17.9. The van der Waals surface area contributed by atoms with Crippen molar-refractivity contribution < 1.29 is 9.90 Å². The van der Waals surface area contributed by atoms with Crippen molar-refractivity contribution in [1.82, 2.24) is 0 Å². The number of allylic oxidation sites excluding steroid dienone is 2. The van der Waals surface area contributed by atoms with E-state index in [9.17, 15) is 9.90 Å². The highest BCUT2D eigenvalue weighted by Crippen LogP contribution is 2.38. The SMILES string of the molecule is C/C(C(=O)C1CCC(CC(C)C)CC1)=C(/O)C1CCC(CC(C)C)CC1. The zero-order valence-electron chi connectivity index (χ0n) is 17.9. The molecule has 0 unspecified atom stereocenters. The van der Waals surface area contributed by atoms with Gasteiger partial charge in [0.25, 0.3) is 0 Å². The smallest absolute Gasteiger partial charge is 0.164 e. The summed E-state index contributed by atoms with van der Waals surface area (Å²) in [5, 5.41) is 10.7. The van der Waals surface area contributed by atoms with Crippen LogP contribution in [0.1, 0.15) is 98.8 Å². The zero-order chi connectivity index (χ0) is 19.3. The Labute approximate surface area is 161 Å². The first-order valence-electron chi connectivity index (χ1n) is 11.2. The van der Waals surface area contributed by atoms with Gasteiger partial charge in [-0.25, -0.2) is 0 Å². The molecule has 0 amide bonds. The standard InChI is InChI=1S/C24H42O2/c1-16(2)14-19-6-10-21(11-7-19)23(25)18(5)24(26)22-12-8-20(9-13-22)15-17(3)4/h16-17,19-22,25H,6-15H2,1-5H3/b23-18-. The number of carbonyl (C=O) groups is 1. The lowest BCUT2D eigenvalue weighted by molar-refractivity contribution is -0.120. The molecule has 0 radical (unpaired) electrons. The molecule has 2 aliphatic rings. The highest BCUT2D eigenvalue weighted by atomic mass is 16.3. The minimum Gasteiger partial charge on any atom is -0.512 e. The molecule has 2 rings (SSSR count). The molecule has 150 valence electrons. The fraction of sp³-hybridized carbons (Fsp3) is 0.875. The van der Waals surface area contributed by atoms with E-state index in [1.807, 2.05) is 6.92 Å². The van der Waals surface area contributed by atoms with Gasteiger partial charge in [-0.2, -0.15) is 0 Å². The predicted octanol–water partition coefficient (Wildman–Crippen LogP) is 7.09. The van der Waals surface area contributed by atoms with Crippen LogP contribution in [0.5, 0.6) is 0 Å². The van der Waals surface area contributed by atoms with Gasteiger partial charge in [0.15, 0.2) is 5.78 Å². The van der Waals surface area contributed by atoms with Crippen LogP contribution in [0, 0.1) is 35.5 Å². The lowest BCUT2D eigenvalue weighted by Crippen LogP contribution is -2.25. The summed E-state index contributed by atoms with van der Waals surface area (Å²) in [6.07, 6.45) is 11.5. The number of hydrogen-bond donors (Lipinski definition) is 1. The monoisotopic (exact) mass is 362 g/mol. The van der Waals surface area contributed by atoms with Crippen molar-refractivity contribution in [2.24, 2.45) is 35.5 Å². The Hall–Kier alpha value is -0.790. The third-order valence-electron chi connectivity index (χ3n) is 6.81. The van der Waals surface area contributed by atoms with Crippen molar-refractivity contribution in [3.05, 3.63) is 11.3 Å². The molecule has 2 nitrogen and oxygen atoms in total. The molecule has 1 N–H and O–H groups in total. The van der Waals surface area contributed by atoms with Crippen LogP contribution in [0.2, 0.25) is 0 Å². The summed E-state index contributed by atoms with van der Waals surface area (Å²) in [7, 11) is 0. The van der Waals surface area contributed by atoms with Gasteiger partial charge in [-0.1, -0.05) is 27.7 Å². The summed E-state index contributed by atoms with van der Waals surface area (Å²) in [4.78, 5) is 12.9. The second kappa shape index (κ2) is 9.95. The van der Waals surface area contributed by atoms with Gasteiger partial charge >= 0.3 is 0 Å². The van der Waals surface area contributed by atoms with Gasteiger partial charge in [0.1, 0.15) is 5.76 Å². The normalized spacial score (nSPS) is 31.2. The maximum Gasteiger partial charge on any atom is 0.164 e. The maximum absolute atomic E-state index is 12.9. The lowest BCUT2D eigenvalue weighted by atomic mass is 9.74. The first-order valence-corrected chi connectivity index (χ1v) is 11.2. The van der Waals surface area contributed by atoms with Crippen molar-refractivity contribution in [3.8, 4) is 0 Å². The third kappa shape index (κ3) is 6.13. The van der Waals surface area contributed by atoms with Gasteiger partial charge in [0.05, 0.1) is 0 Å². The Morgan fingerprint density at radius 3 is 1.54 bits per heavy atom. The fourth-order valence-corrected chi connectivity index (χ4v) is 5.40. The van der Waals surface area contributed by atoms with E-state index in [1.54, 1.807) is 0 Å². The third-order valence-corrected chi connectivity index (χ3v) is 6.81. The molecule has 0 spiro atoms. The summed E-state index contributed by atoms with van der Waals surface area (Å²) < 4.78 is 0. The van der Waals surface area contributed by atoms with Crippen LogP contribution in [-0.4, -0.2) is 10.9 Å². The number of ketones is 1. The van der Waals surface area contributed by atoms with E-state index in [1.165, 1.54) is 38.5 Å². The van der Waals surface area contributed by atoms with E-state index in [-0.39, 0.29) is 17.6 Å². The number of Topliss-reactive ketones (excluding diaryl/α,β-unsaturated/α-hetero) is 1. The van der Waals surface area contributed by atoms with E-state index in [4.69, 9.17) is 0 Å². The second-order valence-electron chi connectivity index (χ2n) is 10.1. The van der Waals surface area contributed by atoms with Gasteiger partial charge in [-0.15, -0.1) is 0 Å². The van der Waals surface area contributed by atoms with Crippen molar-refractivity contribution >= 4 is 5.78 Å². The molecule has 0 atom stereocenters. The van der Waals surface area contributed by atoms with E-state index in [0.29, 0.717) is 11.3 Å². The molecular formula is C24H42O2. The number of aliphatic hydroxyl groups excluding tert-OH is 1. The summed E-state index contributed by atoms with van der Waals surface area (Å²) in [5.74, 6) is 4.15. The minimum atomic E-state index is 0.151. The molecule has 0 bridgehead atoms. The molecule has 2 fully saturated rings. The van der Waals surface area contributed by atoms with E-state index < -0.39 is 0 Å². The quantitative estimate of drug-likeness (QED) is 0.387. The van der Waals surface area contributed by atoms with Crippen LogP contribution < -0.4 is 0 Å². The van der Waals surface area contributed by atoms with Crippen LogP contribution in [0.25, 0.3) is 0 Å². The molecule has 0 aliphatic heterocycles. The molecule has 0 aromatic rings. The molecular weight excluding hydrogens is 320 g/mol. The van der Waals surface area contributed by atoms with E-state index in [0.717, 1.165) is 49.4 Å². The Bertz CT molecular complexity index is 472. The summed E-state index contributed by atoms with van der Waals surface area (Å²) in [6, 6.07) is 0.